The lowest BCUT2D eigenvalue weighted by molar-refractivity contribution is 0.0669. The third kappa shape index (κ3) is 3.13. The van der Waals surface area contributed by atoms with Gasteiger partial charge < -0.3 is 15.2 Å². The van der Waals surface area contributed by atoms with Crippen LogP contribution in [-0.4, -0.2) is 24.4 Å². The standard InChI is InChI=1S/C14H21NO2/c1-10-8-12(6-7-14(10)16)15-11-4-3-5-13(9-11)17-2/h6-8,11,13,15-16H,3-5,9H2,1-2H3. The topological polar surface area (TPSA) is 41.5 Å². The van der Waals surface area contributed by atoms with Crippen molar-refractivity contribution in [1.29, 1.82) is 0 Å². The van der Waals surface area contributed by atoms with Gasteiger partial charge in [-0.25, -0.2) is 0 Å². The van der Waals surface area contributed by atoms with Gasteiger partial charge in [-0.3, -0.25) is 0 Å². The summed E-state index contributed by atoms with van der Waals surface area (Å²) in [6, 6.07) is 6.15. The Labute approximate surface area is 103 Å². The Bertz CT molecular complexity index is 378. The van der Waals surface area contributed by atoms with Crippen molar-refractivity contribution in [3.05, 3.63) is 23.8 Å². The van der Waals surface area contributed by atoms with Gasteiger partial charge in [0.05, 0.1) is 6.10 Å². The zero-order chi connectivity index (χ0) is 12.3. The van der Waals surface area contributed by atoms with Crippen molar-refractivity contribution >= 4 is 5.69 Å². The number of phenolic OH excluding ortho intramolecular Hbond substituents is 1. The molecule has 0 amide bonds. The van der Waals surface area contributed by atoms with Gasteiger partial charge in [-0.15, -0.1) is 0 Å². The number of aryl methyl sites for hydroxylation is 1. The Morgan fingerprint density at radius 2 is 2.18 bits per heavy atom. The molecule has 1 aromatic carbocycles. The van der Waals surface area contributed by atoms with E-state index in [9.17, 15) is 5.11 Å². The van der Waals surface area contributed by atoms with E-state index < -0.39 is 0 Å². The number of ether oxygens (including phenoxy) is 1. The maximum absolute atomic E-state index is 9.48. The zero-order valence-electron chi connectivity index (χ0n) is 10.6. The lowest BCUT2D eigenvalue weighted by Gasteiger charge is -2.29. The van der Waals surface area contributed by atoms with Crippen LogP contribution in [0.1, 0.15) is 31.2 Å². The molecule has 0 aromatic heterocycles. The van der Waals surface area contributed by atoms with Gasteiger partial charge in [0.15, 0.2) is 0 Å². The summed E-state index contributed by atoms with van der Waals surface area (Å²) in [4.78, 5) is 0. The molecule has 0 saturated heterocycles. The normalized spacial score (nSPS) is 24.6. The van der Waals surface area contributed by atoms with Gasteiger partial charge in [0.1, 0.15) is 5.75 Å². The predicted octanol–water partition coefficient (Wildman–Crippen LogP) is 3.07. The number of phenols is 1. The van der Waals surface area contributed by atoms with Gasteiger partial charge >= 0.3 is 0 Å². The van der Waals surface area contributed by atoms with Gasteiger partial charge in [0, 0.05) is 18.8 Å². The first-order valence-electron chi connectivity index (χ1n) is 6.28. The molecule has 0 spiro atoms. The van der Waals surface area contributed by atoms with Crippen LogP contribution in [0.3, 0.4) is 0 Å². The molecule has 1 fully saturated rings. The second-order valence-electron chi connectivity index (χ2n) is 4.87. The summed E-state index contributed by atoms with van der Waals surface area (Å²) < 4.78 is 5.42. The molecule has 94 valence electrons. The average molecular weight is 235 g/mol. The number of rotatable bonds is 3. The van der Waals surface area contributed by atoms with Crippen molar-refractivity contribution < 1.29 is 9.84 Å². The minimum absolute atomic E-state index is 0.356. The van der Waals surface area contributed by atoms with Crippen molar-refractivity contribution in [2.45, 2.75) is 44.8 Å². The Hall–Kier alpha value is -1.22. The summed E-state index contributed by atoms with van der Waals surface area (Å²) in [7, 11) is 1.79. The Morgan fingerprint density at radius 3 is 2.88 bits per heavy atom. The molecule has 2 rings (SSSR count). The molecule has 3 heteroatoms. The molecule has 0 heterocycles. The molecule has 0 bridgehead atoms. The van der Waals surface area contributed by atoms with Crippen molar-refractivity contribution in [3.8, 4) is 5.75 Å². The fraction of sp³-hybridized carbons (Fsp3) is 0.571. The highest BCUT2D eigenvalue weighted by molar-refractivity contribution is 5.50. The number of anilines is 1. The Morgan fingerprint density at radius 1 is 1.35 bits per heavy atom. The average Bonchev–Trinajstić information content (AvgIpc) is 2.34. The number of hydrogen-bond donors (Lipinski definition) is 2. The Kier molecular flexibility index (Phi) is 3.89. The van der Waals surface area contributed by atoms with Crippen molar-refractivity contribution in [2.24, 2.45) is 0 Å². The third-order valence-corrected chi connectivity index (χ3v) is 3.53. The minimum Gasteiger partial charge on any atom is -0.508 e. The molecule has 1 saturated carbocycles. The zero-order valence-corrected chi connectivity index (χ0v) is 10.6. The molecule has 2 unspecified atom stereocenters. The predicted molar refractivity (Wildman–Crippen MR) is 69.5 cm³/mol. The van der Waals surface area contributed by atoms with Gasteiger partial charge in [0.25, 0.3) is 0 Å². The third-order valence-electron chi connectivity index (χ3n) is 3.53. The Balaban J connectivity index is 1.97. The molecular weight excluding hydrogens is 214 g/mol. The van der Waals surface area contributed by atoms with Crippen LogP contribution in [-0.2, 0) is 4.74 Å². The molecule has 1 aromatic rings. The molecule has 0 aliphatic heterocycles. The van der Waals surface area contributed by atoms with E-state index in [4.69, 9.17) is 4.74 Å². The second kappa shape index (κ2) is 5.41. The van der Waals surface area contributed by atoms with Crippen LogP contribution in [0, 0.1) is 6.92 Å². The fourth-order valence-electron chi connectivity index (χ4n) is 2.47. The number of benzene rings is 1. The van der Waals surface area contributed by atoms with Crippen LogP contribution in [0.5, 0.6) is 5.75 Å². The van der Waals surface area contributed by atoms with Crippen molar-refractivity contribution in [3.63, 3.8) is 0 Å². The second-order valence-corrected chi connectivity index (χ2v) is 4.87. The number of methoxy groups -OCH3 is 1. The van der Waals surface area contributed by atoms with Crippen LogP contribution in [0.2, 0.25) is 0 Å². The summed E-state index contributed by atoms with van der Waals surface area (Å²) in [6.07, 6.45) is 5.03. The quantitative estimate of drug-likeness (QED) is 0.791. The van der Waals surface area contributed by atoms with E-state index in [0.29, 0.717) is 17.9 Å². The van der Waals surface area contributed by atoms with E-state index >= 15 is 0 Å². The van der Waals surface area contributed by atoms with Gasteiger partial charge in [0.2, 0.25) is 0 Å². The summed E-state index contributed by atoms with van der Waals surface area (Å²) in [5, 5.41) is 13.0. The highest BCUT2D eigenvalue weighted by atomic mass is 16.5. The van der Waals surface area contributed by atoms with E-state index in [-0.39, 0.29) is 0 Å². The molecule has 17 heavy (non-hydrogen) atoms. The maximum Gasteiger partial charge on any atom is 0.118 e. The molecule has 1 aliphatic carbocycles. The smallest absolute Gasteiger partial charge is 0.118 e. The van der Waals surface area contributed by atoms with Gasteiger partial charge in [-0.05, 0) is 56.4 Å². The van der Waals surface area contributed by atoms with E-state index in [1.54, 1.807) is 13.2 Å². The molecule has 0 radical (unpaired) electrons. The van der Waals surface area contributed by atoms with E-state index in [0.717, 1.165) is 17.7 Å². The van der Waals surface area contributed by atoms with E-state index in [2.05, 4.69) is 5.32 Å². The first-order chi connectivity index (χ1) is 8.19. The number of nitrogens with one attached hydrogen (secondary N) is 1. The summed E-state index contributed by atoms with van der Waals surface area (Å²) in [5.74, 6) is 0.356. The van der Waals surface area contributed by atoms with E-state index in [1.807, 2.05) is 19.1 Å². The van der Waals surface area contributed by atoms with Crippen LogP contribution >= 0.6 is 0 Å². The van der Waals surface area contributed by atoms with Crippen LogP contribution in [0.15, 0.2) is 18.2 Å². The summed E-state index contributed by atoms with van der Waals surface area (Å²) >= 11 is 0. The fourth-order valence-corrected chi connectivity index (χ4v) is 2.47. The van der Waals surface area contributed by atoms with E-state index in [1.165, 1.54) is 19.3 Å². The summed E-state index contributed by atoms with van der Waals surface area (Å²) in [6.45, 7) is 1.92. The highest BCUT2D eigenvalue weighted by Crippen LogP contribution is 2.26. The van der Waals surface area contributed by atoms with Crippen LogP contribution in [0.25, 0.3) is 0 Å². The minimum atomic E-state index is 0.356. The number of hydrogen-bond acceptors (Lipinski definition) is 3. The summed E-state index contributed by atoms with van der Waals surface area (Å²) in [5.41, 5.74) is 2.00. The first kappa shape index (κ1) is 12.2. The largest absolute Gasteiger partial charge is 0.508 e. The number of aromatic hydroxyl groups is 1. The molecule has 2 atom stereocenters. The molecule has 1 aliphatic rings. The molecule has 2 N–H and O–H groups in total. The highest BCUT2D eigenvalue weighted by Gasteiger charge is 2.21. The monoisotopic (exact) mass is 235 g/mol. The molecule has 3 nitrogen and oxygen atoms in total. The van der Waals surface area contributed by atoms with Gasteiger partial charge in [-0.2, -0.15) is 0 Å². The van der Waals surface area contributed by atoms with Crippen LogP contribution < -0.4 is 5.32 Å². The van der Waals surface area contributed by atoms with Gasteiger partial charge in [-0.1, -0.05) is 0 Å². The van der Waals surface area contributed by atoms with Crippen molar-refractivity contribution in [2.75, 3.05) is 12.4 Å². The maximum atomic E-state index is 9.48. The van der Waals surface area contributed by atoms with Crippen LogP contribution in [0.4, 0.5) is 5.69 Å². The first-order valence-corrected chi connectivity index (χ1v) is 6.28. The lowest BCUT2D eigenvalue weighted by atomic mass is 9.92. The molecular formula is C14H21NO2. The SMILES string of the molecule is COC1CCCC(Nc2ccc(O)c(C)c2)C1. The van der Waals surface area contributed by atoms with Crippen molar-refractivity contribution in [1.82, 2.24) is 0 Å². The lowest BCUT2D eigenvalue weighted by Crippen LogP contribution is -2.30.